The lowest BCUT2D eigenvalue weighted by Crippen LogP contribution is -2.18. The van der Waals surface area contributed by atoms with Gasteiger partial charge in [0.05, 0.1) is 5.56 Å². The number of ether oxygens (including phenoxy) is 1. The van der Waals surface area contributed by atoms with Gasteiger partial charge in [0.15, 0.2) is 0 Å². The van der Waals surface area contributed by atoms with Gasteiger partial charge < -0.3 is 14.9 Å². The van der Waals surface area contributed by atoms with Crippen LogP contribution in [-0.4, -0.2) is 16.3 Å². The number of aromatic nitrogens is 1. The SMILES string of the molecule is O=[N+]([O-])c1nc(F)c(OC(F)(F)F)cc1CF. The van der Waals surface area contributed by atoms with Crippen molar-refractivity contribution < 1.29 is 31.6 Å². The van der Waals surface area contributed by atoms with E-state index in [0.29, 0.717) is 0 Å². The average Bonchev–Trinajstić information content (AvgIpc) is 2.18. The lowest BCUT2D eigenvalue weighted by molar-refractivity contribution is -0.390. The molecule has 1 aromatic rings. The van der Waals surface area contributed by atoms with Crippen LogP contribution < -0.4 is 4.74 Å². The van der Waals surface area contributed by atoms with Crippen LogP contribution in [-0.2, 0) is 6.67 Å². The van der Waals surface area contributed by atoms with Crippen LogP contribution in [0.4, 0.5) is 27.8 Å². The van der Waals surface area contributed by atoms with E-state index in [0.717, 1.165) is 0 Å². The highest BCUT2D eigenvalue weighted by Crippen LogP contribution is 2.29. The molecule has 0 N–H and O–H groups in total. The molecule has 0 aliphatic carbocycles. The Kier molecular flexibility index (Phi) is 3.44. The standard InChI is InChI=1S/C7H3F5N2O3/c8-2-3-1-4(17-7(10,11)12)5(9)13-6(3)14(15)16/h1H,2H2. The highest BCUT2D eigenvalue weighted by molar-refractivity contribution is 5.38. The summed E-state index contributed by atoms with van der Waals surface area (Å²) in [6.45, 7) is -1.47. The fraction of sp³-hybridized carbons (Fsp3) is 0.286. The molecule has 0 saturated carbocycles. The zero-order valence-corrected chi connectivity index (χ0v) is 7.79. The molecule has 0 amide bonds. The minimum atomic E-state index is -5.20. The van der Waals surface area contributed by atoms with Crippen molar-refractivity contribution in [1.29, 1.82) is 0 Å². The molecular weight excluding hydrogens is 255 g/mol. The zero-order chi connectivity index (χ0) is 13.2. The minimum absolute atomic E-state index is 0.244. The monoisotopic (exact) mass is 258 g/mol. The van der Waals surface area contributed by atoms with Crippen molar-refractivity contribution in [1.82, 2.24) is 4.98 Å². The quantitative estimate of drug-likeness (QED) is 0.361. The number of nitrogens with zero attached hydrogens (tertiary/aromatic N) is 2. The number of alkyl halides is 4. The minimum Gasteiger partial charge on any atom is -0.398 e. The predicted octanol–water partition coefficient (Wildman–Crippen LogP) is 2.50. The Morgan fingerprint density at radius 2 is 2.06 bits per heavy atom. The van der Waals surface area contributed by atoms with Gasteiger partial charge in [0.2, 0.25) is 5.75 Å². The Hall–Kier alpha value is -2.00. The van der Waals surface area contributed by atoms with Crippen LogP contribution in [0, 0.1) is 16.1 Å². The van der Waals surface area contributed by atoms with Gasteiger partial charge in [-0.25, -0.2) is 4.39 Å². The maximum Gasteiger partial charge on any atom is 0.573 e. The number of pyridine rings is 1. The van der Waals surface area contributed by atoms with E-state index >= 15 is 0 Å². The second-order valence-corrected chi connectivity index (χ2v) is 2.70. The molecule has 1 heterocycles. The Morgan fingerprint density at radius 1 is 1.47 bits per heavy atom. The smallest absolute Gasteiger partial charge is 0.398 e. The Labute approximate surface area is 90.0 Å². The zero-order valence-electron chi connectivity index (χ0n) is 7.79. The second-order valence-electron chi connectivity index (χ2n) is 2.70. The predicted molar refractivity (Wildman–Crippen MR) is 42.3 cm³/mol. The number of hydrogen-bond acceptors (Lipinski definition) is 4. The number of halogens is 5. The van der Waals surface area contributed by atoms with Crippen molar-refractivity contribution in [3.8, 4) is 5.75 Å². The Bertz CT molecular complexity index is 448. The van der Waals surface area contributed by atoms with Crippen molar-refractivity contribution >= 4 is 5.82 Å². The molecule has 17 heavy (non-hydrogen) atoms. The largest absolute Gasteiger partial charge is 0.573 e. The van der Waals surface area contributed by atoms with Crippen molar-refractivity contribution in [2.45, 2.75) is 13.0 Å². The summed E-state index contributed by atoms with van der Waals surface area (Å²) in [6, 6.07) is 0.244. The average molecular weight is 258 g/mol. The molecule has 0 aromatic carbocycles. The molecule has 10 heteroatoms. The van der Waals surface area contributed by atoms with E-state index in [1.807, 2.05) is 0 Å². The molecule has 1 aromatic heterocycles. The van der Waals surface area contributed by atoms with Gasteiger partial charge in [-0.2, -0.15) is 4.39 Å². The van der Waals surface area contributed by atoms with E-state index in [2.05, 4.69) is 9.72 Å². The van der Waals surface area contributed by atoms with Crippen molar-refractivity contribution in [3.05, 3.63) is 27.7 Å². The summed E-state index contributed by atoms with van der Waals surface area (Å²) in [6.07, 6.45) is -5.20. The maximum absolute atomic E-state index is 12.9. The van der Waals surface area contributed by atoms with Crippen molar-refractivity contribution in [2.24, 2.45) is 0 Å². The molecule has 0 spiro atoms. The first-order valence-electron chi connectivity index (χ1n) is 3.90. The van der Waals surface area contributed by atoms with Gasteiger partial charge in [0.1, 0.15) is 6.67 Å². The van der Waals surface area contributed by atoms with E-state index in [1.165, 1.54) is 0 Å². The van der Waals surface area contributed by atoms with E-state index in [1.54, 1.807) is 0 Å². The molecule has 0 radical (unpaired) electrons. The highest BCUT2D eigenvalue weighted by Gasteiger charge is 2.35. The lowest BCUT2D eigenvalue weighted by Gasteiger charge is -2.08. The van der Waals surface area contributed by atoms with Gasteiger partial charge in [-0.3, -0.25) is 0 Å². The van der Waals surface area contributed by atoms with Gasteiger partial charge in [0, 0.05) is 6.07 Å². The van der Waals surface area contributed by atoms with Crippen molar-refractivity contribution in [2.75, 3.05) is 0 Å². The Morgan fingerprint density at radius 3 is 2.47 bits per heavy atom. The number of rotatable bonds is 3. The normalized spacial score (nSPS) is 11.4. The number of nitro groups is 1. The van der Waals surface area contributed by atoms with Gasteiger partial charge in [-0.15, -0.1) is 13.2 Å². The van der Waals surface area contributed by atoms with Gasteiger partial charge >= 0.3 is 18.1 Å². The molecule has 94 valence electrons. The molecule has 0 unspecified atom stereocenters. The maximum atomic E-state index is 12.9. The molecule has 1 rings (SSSR count). The van der Waals surface area contributed by atoms with Gasteiger partial charge in [0.25, 0.3) is 0 Å². The molecule has 0 aliphatic heterocycles. The van der Waals surface area contributed by atoms with E-state index in [9.17, 15) is 32.1 Å². The lowest BCUT2D eigenvalue weighted by atomic mass is 10.2. The molecule has 0 bridgehead atoms. The van der Waals surface area contributed by atoms with Crippen LogP contribution in [0.15, 0.2) is 6.07 Å². The number of hydrogen-bond donors (Lipinski definition) is 0. The third kappa shape index (κ3) is 3.23. The first-order valence-corrected chi connectivity index (χ1v) is 3.90. The second kappa shape index (κ2) is 4.47. The van der Waals surface area contributed by atoms with Crippen LogP contribution in [0.25, 0.3) is 0 Å². The van der Waals surface area contributed by atoms with E-state index < -0.39 is 41.0 Å². The fourth-order valence-corrected chi connectivity index (χ4v) is 0.955. The summed E-state index contributed by atoms with van der Waals surface area (Å²) in [5, 5.41) is 10.3. The third-order valence-corrected chi connectivity index (χ3v) is 1.54. The first kappa shape index (κ1) is 13.1. The molecule has 0 fully saturated rings. The van der Waals surface area contributed by atoms with Crippen LogP contribution in [0.3, 0.4) is 0 Å². The highest BCUT2D eigenvalue weighted by atomic mass is 19.4. The summed E-state index contributed by atoms with van der Waals surface area (Å²) in [4.78, 5) is 11.7. The third-order valence-electron chi connectivity index (χ3n) is 1.54. The van der Waals surface area contributed by atoms with Crippen LogP contribution in [0.1, 0.15) is 5.56 Å². The molecular formula is C7H3F5N2O3. The fourth-order valence-electron chi connectivity index (χ4n) is 0.955. The summed E-state index contributed by atoms with van der Waals surface area (Å²) in [7, 11) is 0. The first-order chi connectivity index (χ1) is 7.74. The van der Waals surface area contributed by atoms with E-state index in [-0.39, 0.29) is 6.07 Å². The molecule has 0 aliphatic rings. The summed E-state index contributed by atoms with van der Waals surface area (Å²) in [5.74, 6) is -4.46. The van der Waals surface area contributed by atoms with Crippen molar-refractivity contribution in [3.63, 3.8) is 0 Å². The molecule has 5 nitrogen and oxygen atoms in total. The van der Waals surface area contributed by atoms with Crippen LogP contribution in [0.5, 0.6) is 5.75 Å². The molecule has 0 atom stereocenters. The van der Waals surface area contributed by atoms with E-state index in [4.69, 9.17) is 0 Å². The summed E-state index contributed by atoms with van der Waals surface area (Å²) >= 11 is 0. The summed E-state index contributed by atoms with van der Waals surface area (Å²) < 4.78 is 63.7. The molecule has 0 saturated heterocycles. The topological polar surface area (TPSA) is 65.3 Å². The summed E-state index contributed by atoms with van der Waals surface area (Å²) in [5.41, 5.74) is -0.810. The van der Waals surface area contributed by atoms with Crippen LogP contribution >= 0.6 is 0 Å². The van der Waals surface area contributed by atoms with Gasteiger partial charge in [-0.1, -0.05) is 0 Å². The Balaban J connectivity index is 3.23. The van der Waals surface area contributed by atoms with Crippen LogP contribution in [0.2, 0.25) is 0 Å². The van der Waals surface area contributed by atoms with Gasteiger partial charge in [-0.05, 0) is 9.91 Å².